The number of unbranched alkanes of at least 4 members (excludes halogenated alkanes) is 1. The van der Waals surface area contributed by atoms with Gasteiger partial charge in [0.05, 0.1) is 12.1 Å². The van der Waals surface area contributed by atoms with Crippen LogP contribution in [0.15, 0.2) is 18.3 Å². The Kier molecular flexibility index (Phi) is 10.3. The Morgan fingerprint density at radius 1 is 1.29 bits per heavy atom. The van der Waals surface area contributed by atoms with Gasteiger partial charge in [0.25, 0.3) is 0 Å². The minimum Gasteiger partial charge on any atom is -0.372 e. The second-order valence-corrected chi connectivity index (χ2v) is 6.54. The molecule has 0 aliphatic heterocycles. The van der Waals surface area contributed by atoms with Crippen molar-refractivity contribution < 1.29 is 9.59 Å². The first-order valence-corrected chi connectivity index (χ1v) is 9.16. The number of rotatable bonds is 9. The molecule has 1 rings (SSSR count). The summed E-state index contributed by atoms with van der Waals surface area (Å²) in [6, 6.07) is 0. The van der Waals surface area contributed by atoms with E-state index in [1.54, 1.807) is 26.4 Å². The third-order valence-corrected chi connectivity index (χ3v) is 3.66. The van der Waals surface area contributed by atoms with Crippen LogP contribution in [-0.4, -0.2) is 79.4 Å². The first kappa shape index (κ1) is 23.1. The van der Waals surface area contributed by atoms with E-state index >= 15 is 0 Å². The Bertz CT molecular complexity index is 749. The van der Waals surface area contributed by atoms with Crippen molar-refractivity contribution in [3.63, 3.8) is 0 Å². The lowest BCUT2D eigenvalue weighted by molar-refractivity contribution is -0.131. The Morgan fingerprint density at radius 3 is 2.71 bits per heavy atom. The second kappa shape index (κ2) is 12.5. The first-order chi connectivity index (χ1) is 13.3. The molecule has 1 aromatic heterocycles. The highest BCUT2D eigenvalue weighted by molar-refractivity contribution is 5.91. The van der Waals surface area contributed by atoms with Crippen LogP contribution >= 0.6 is 0 Å². The van der Waals surface area contributed by atoms with Gasteiger partial charge in [-0.25, -0.2) is 9.97 Å². The topological polar surface area (TPSA) is 90.5 Å². The van der Waals surface area contributed by atoms with Crippen LogP contribution in [0.3, 0.4) is 0 Å². The van der Waals surface area contributed by atoms with Crippen LogP contribution in [0, 0.1) is 18.8 Å². The Morgan fingerprint density at radius 2 is 2.04 bits per heavy atom. The molecule has 2 N–H and O–H groups in total. The number of likely N-dealkylation sites (N-methyl/N-ethyl adjacent to an activating group) is 2. The molecule has 0 bridgehead atoms. The number of anilines is 1. The maximum atomic E-state index is 11.9. The molecule has 0 saturated heterocycles. The number of amides is 2. The molecular weight excluding hydrogens is 356 g/mol. The monoisotopic (exact) mass is 386 g/mol. The highest BCUT2D eigenvalue weighted by Gasteiger charge is 2.09. The van der Waals surface area contributed by atoms with Gasteiger partial charge in [0, 0.05) is 45.9 Å². The molecule has 0 radical (unpaired) electrons. The van der Waals surface area contributed by atoms with E-state index in [2.05, 4.69) is 32.4 Å². The van der Waals surface area contributed by atoms with E-state index in [0.29, 0.717) is 31.2 Å². The van der Waals surface area contributed by atoms with Gasteiger partial charge >= 0.3 is 0 Å². The van der Waals surface area contributed by atoms with Crippen LogP contribution in [0.5, 0.6) is 0 Å². The van der Waals surface area contributed by atoms with Crippen molar-refractivity contribution in [2.75, 3.05) is 53.1 Å². The van der Waals surface area contributed by atoms with Crippen molar-refractivity contribution in [2.45, 2.75) is 19.8 Å². The van der Waals surface area contributed by atoms with Crippen molar-refractivity contribution >= 4 is 17.6 Å². The zero-order valence-corrected chi connectivity index (χ0v) is 17.4. The molecule has 0 fully saturated rings. The van der Waals surface area contributed by atoms with Gasteiger partial charge < -0.3 is 20.4 Å². The van der Waals surface area contributed by atoms with Crippen LogP contribution in [0.1, 0.15) is 24.2 Å². The van der Waals surface area contributed by atoms with Crippen LogP contribution < -0.4 is 10.6 Å². The van der Waals surface area contributed by atoms with Crippen molar-refractivity contribution in [2.24, 2.45) is 0 Å². The summed E-state index contributed by atoms with van der Waals surface area (Å²) in [4.78, 5) is 35.6. The van der Waals surface area contributed by atoms with Crippen LogP contribution in [0.2, 0.25) is 0 Å². The maximum Gasteiger partial charge on any atom is 0.246 e. The van der Waals surface area contributed by atoms with E-state index in [4.69, 9.17) is 0 Å². The molecule has 0 aliphatic rings. The molecule has 8 heteroatoms. The molecule has 152 valence electrons. The van der Waals surface area contributed by atoms with Crippen molar-refractivity contribution in [1.82, 2.24) is 25.1 Å². The number of aromatic nitrogens is 2. The summed E-state index contributed by atoms with van der Waals surface area (Å²) in [5, 5.41) is 5.80. The average molecular weight is 387 g/mol. The lowest BCUT2D eigenvalue weighted by Crippen LogP contribution is -2.38. The molecule has 8 nitrogen and oxygen atoms in total. The van der Waals surface area contributed by atoms with Crippen molar-refractivity contribution in [1.29, 1.82) is 0 Å². The lowest BCUT2D eigenvalue weighted by Gasteiger charge is -2.14. The van der Waals surface area contributed by atoms with Crippen molar-refractivity contribution in [3.8, 4) is 11.8 Å². The summed E-state index contributed by atoms with van der Waals surface area (Å²) >= 11 is 0. The quantitative estimate of drug-likeness (QED) is 0.368. The summed E-state index contributed by atoms with van der Waals surface area (Å²) in [5.74, 6) is 7.12. The fraction of sp³-hybridized carbons (Fsp3) is 0.500. The van der Waals surface area contributed by atoms with Crippen LogP contribution in [-0.2, 0) is 9.59 Å². The molecule has 1 aromatic rings. The Labute approximate surface area is 167 Å². The number of nitrogens with zero attached hydrogens (tertiary/aromatic N) is 4. The lowest BCUT2D eigenvalue weighted by atomic mass is 10.2. The van der Waals surface area contributed by atoms with Crippen molar-refractivity contribution in [3.05, 3.63) is 29.7 Å². The fourth-order valence-electron chi connectivity index (χ4n) is 2.16. The third-order valence-electron chi connectivity index (χ3n) is 3.66. The van der Waals surface area contributed by atoms with E-state index in [1.165, 1.54) is 11.0 Å². The van der Waals surface area contributed by atoms with Crippen LogP contribution in [0.25, 0.3) is 0 Å². The van der Waals surface area contributed by atoms with Gasteiger partial charge in [-0.2, -0.15) is 0 Å². The van der Waals surface area contributed by atoms with Gasteiger partial charge in [-0.15, -0.1) is 0 Å². The average Bonchev–Trinajstić information content (AvgIpc) is 2.64. The third kappa shape index (κ3) is 9.14. The summed E-state index contributed by atoms with van der Waals surface area (Å²) in [5.41, 5.74) is 0.750. The SMILES string of the molecule is CNc1nc(C)ncc1C#CCCCNC(=O)CN(C)C(=O)/C=C/CN(C)C. The summed E-state index contributed by atoms with van der Waals surface area (Å²) in [7, 11) is 7.24. The minimum absolute atomic E-state index is 0.0308. The van der Waals surface area contributed by atoms with Crippen LogP contribution in [0.4, 0.5) is 5.82 Å². The molecule has 0 spiro atoms. The number of hydrogen-bond acceptors (Lipinski definition) is 6. The Hall–Kier alpha value is -2.92. The normalized spacial score (nSPS) is 10.5. The molecule has 0 unspecified atom stereocenters. The largest absolute Gasteiger partial charge is 0.372 e. The molecular formula is C20H30N6O2. The summed E-state index contributed by atoms with van der Waals surface area (Å²) in [6.07, 6.45) is 6.31. The summed E-state index contributed by atoms with van der Waals surface area (Å²) in [6.45, 7) is 3.04. The predicted octanol–water partition coefficient (Wildman–Crippen LogP) is 0.651. The number of hydrogen-bond donors (Lipinski definition) is 2. The zero-order chi connectivity index (χ0) is 20.9. The first-order valence-electron chi connectivity index (χ1n) is 9.16. The van der Waals surface area contributed by atoms with Gasteiger partial charge in [-0.3, -0.25) is 9.59 Å². The van der Waals surface area contributed by atoms with Gasteiger partial charge in [0.2, 0.25) is 11.8 Å². The zero-order valence-electron chi connectivity index (χ0n) is 17.4. The second-order valence-electron chi connectivity index (χ2n) is 6.54. The molecule has 0 aliphatic carbocycles. The molecule has 28 heavy (non-hydrogen) atoms. The van der Waals surface area contributed by atoms with Gasteiger partial charge in [0.1, 0.15) is 11.6 Å². The molecule has 0 saturated carbocycles. The molecule has 1 heterocycles. The summed E-state index contributed by atoms with van der Waals surface area (Å²) < 4.78 is 0. The number of aryl methyl sites for hydroxylation is 1. The number of carbonyl (C=O) groups is 2. The standard InChI is InChI=1S/C20H30N6O2/c1-16-23-14-17(20(21-2)24-16)10-7-6-8-12-22-18(27)15-26(5)19(28)11-9-13-25(3)4/h9,11,14H,6,8,12-13,15H2,1-5H3,(H,22,27)(H,21,23,24)/b11-9+. The van der Waals surface area contributed by atoms with E-state index in [0.717, 1.165) is 12.0 Å². The maximum absolute atomic E-state index is 11.9. The van der Waals surface area contributed by atoms with E-state index in [1.807, 2.05) is 25.9 Å². The van der Waals surface area contributed by atoms with Gasteiger partial charge in [0.15, 0.2) is 0 Å². The number of nitrogens with one attached hydrogen (secondary N) is 2. The van der Waals surface area contributed by atoms with E-state index in [9.17, 15) is 9.59 Å². The Balaban J connectivity index is 2.31. The molecule has 2 amide bonds. The predicted molar refractivity (Wildman–Crippen MR) is 111 cm³/mol. The minimum atomic E-state index is -0.191. The van der Waals surface area contributed by atoms with E-state index < -0.39 is 0 Å². The fourth-order valence-corrected chi connectivity index (χ4v) is 2.16. The smallest absolute Gasteiger partial charge is 0.246 e. The van der Waals surface area contributed by atoms with Gasteiger partial charge in [-0.1, -0.05) is 17.9 Å². The molecule has 0 aromatic carbocycles. The highest BCUT2D eigenvalue weighted by atomic mass is 16.2. The molecule has 0 atom stereocenters. The highest BCUT2D eigenvalue weighted by Crippen LogP contribution is 2.08. The van der Waals surface area contributed by atoms with Gasteiger partial charge in [-0.05, 0) is 27.4 Å². The van der Waals surface area contributed by atoms with E-state index in [-0.39, 0.29) is 18.4 Å². The number of carbonyl (C=O) groups excluding carboxylic acids is 2.